The first-order valence-electron chi connectivity index (χ1n) is 10.8. The van der Waals surface area contributed by atoms with Gasteiger partial charge in [0.1, 0.15) is 0 Å². The number of nitrogens with two attached hydrogens (primary N) is 2. The summed E-state index contributed by atoms with van der Waals surface area (Å²) in [7, 11) is -3.47. The number of nitrogen functional groups attached to an aromatic ring is 1. The van der Waals surface area contributed by atoms with Gasteiger partial charge in [-0.3, -0.25) is 0 Å². The van der Waals surface area contributed by atoms with Crippen molar-refractivity contribution in [1.82, 2.24) is 14.9 Å². The van der Waals surface area contributed by atoms with E-state index in [4.69, 9.17) is 16.2 Å². The fourth-order valence-electron chi connectivity index (χ4n) is 3.46. The second-order valence-corrected chi connectivity index (χ2v) is 10.2. The number of aliphatic imine (C=N–C) groups is 1. The molecule has 1 saturated heterocycles. The summed E-state index contributed by atoms with van der Waals surface area (Å²) in [6, 6.07) is 6.24. The first kappa shape index (κ1) is 26.4. The van der Waals surface area contributed by atoms with Crippen LogP contribution in [0.4, 0.5) is 19.1 Å². The molecule has 1 atom stereocenters. The summed E-state index contributed by atoms with van der Waals surface area (Å²) in [5.41, 5.74) is 10.4. The molecule has 3 rings (SSSR count). The van der Waals surface area contributed by atoms with Crippen LogP contribution in [0.1, 0.15) is 36.6 Å². The molecule has 4 N–H and O–H groups in total. The number of ether oxygens (including phenoxy) is 1. The maximum atomic E-state index is 13.8. The van der Waals surface area contributed by atoms with Crippen LogP contribution in [0.3, 0.4) is 0 Å². The molecule has 0 spiro atoms. The van der Waals surface area contributed by atoms with Crippen LogP contribution in [0.25, 0.3) is 5.70 Å². The van der Waals surface area contributed by atoms with Gasteiger partial charge in [0.25, 0.3) is 0 Å². The van der Waals surface area contributed by atoms with Crippen molar-refractivity contribution in [1.29, 1.82) is 0 Å². The Morgan fingerprint density at radius 2 is 2.00 bits per heavy atom. The number of morpholine rings is 1. The highest BCUT2D eigenvalue weighted by Crippen LogP contribution is 2.35. The molecule has 190 valence electrons. The van der Waals surface area contributed by atoms with Crippen LogP contribution in [-0.4, -0.2) is 61.3 Å². The van der Waals surface area contributed by atoms with Crippen molar-refractivity contribution >= 4 is 27.4 Å². The van der Waals surface area contributed by atoms with Gasteiger partial charge >= 0.3 is 6.18 Å². The van der Waals surface area contributed by atoms with Gasteiger partial charge in [-0.15, -0.1) is 0 Å². The number of guanidine groups is 1. The quantitative estimate of drug-likeness (QED) is 0.445. The van der Waals surface area contributed by atoms with E-state index in [9.17, 15) is 21.6 Å². The highest BCUT2D eigenvalue weighted by molar-refractivity contribution is 7.91. The molecule has 9 nitrogen and oxygen atoms in total. The molecule has 1 unspecified atom stereocenters. The molecule has 1 aromatic carbocycles. The summed E-state index contributed by atoms with van der Waals surface area (Å²) in [6.45, 7) is 4.92. The smallest absolute Gasteiger partial charge is 0.378 e. The van der Waals surface area contributed by atoms with E-state index in [0.717, 1.165) is 6.20 Å². The Bertz CT molecular complexity index is 1230. The minimum Gasteiger partial charge on any atom is -0.378 e. The summed E-state index contributed by atoms with van der Waals surface area (Å²) in [4.78, 5) is 13.3. The van der Waals surface area contributed by atoms with Crippen LogP contribution in [0.5, 0.6) is 0 Å². The summed E-state index contributed by atoms with van der Waals surface area (Å²) in [6.07, 6.45) is -2.40. The van der Waals surface area contributed by atoms with Gasteiger partial charge in [-0.1, -0.05) is 32.1 Å². The van der Waals surface area contributed by atoms with E-state index >= 15 is 0 Å². The highest BCUT2D eigenvalue weighted by atomic mass is 32.2. The summed E-state index contributed by atoms with van der Waals surface area (Å²) in [5.74, 6) is -1.13. The van der Waals surface area contributed by atoms with Gasteiger partial charge in [-0.25, -0.2) is 23.4 Å². The van der Waals surface area contributed by atoms with Crippen molar-refractivity contribution in [3.05, 3.63) is 53.4 Å². The summed E-state index contributed by atoms with van der Waals surface area (Å²) >= 11 is 0. The van der Waals surface area contributed by atoms with Crippen molar-refractivity contribution in [2.24, 2.45) is 10.7 Å². The number of alkyl halides is 3. The molecule has 0 saturated carbocycles. The lowest BCUT2D eigenvalue weighted by molar-refractivity contribution is -0.141. The number of allylic oxidation sites excluding steroid dienone is 1. The van der Waals surface area contributed by atoms with E-state index < -0.39 is 39.1 Å². The van der Waals surface area contributed by atoms with Gasteiger partial charge in [0.15, 0.2) is 21.5 Å². The predicted octanol–water partition coefficient (Wildman–Crippen LogP) is 2.66. The molecule has 0 bridgehead atoms. The van der Waals surface area contributed by atoms with Crippen molar-refractivity contribution in [2.45, 2.75) is 30.8 Å². The van der Waals surface area contributed by atoms with Crippen molar-refractivity contribution < 1.29 is 26.3 Å². The van der Waals surface area contributed by atoms with Gasteiger partial charge in [0, 0.05) is 30.8 Å². The molecule has 1 aliphatic heterocycles. The predicted molar refractivity (Wildman–Crippen MR) is 126 cm³/mol. The standard InChI is InChI=1S/C22H27F3N6O3S/c1-3-35(32,33)16-6-4-5-15(12-16)14(2)11-18(29-21(27)31-7-9-34-10-8-31)17-13-28-20(26)30-19(17)22(23,24)25/h4-6,11-14H,3,7-10H2,1-2H3,(H2,27,29)(H2,26,28,30)/b18-11-. The number of hydrogen-bond acceptors (Lipinski definition) is 7. The van der Waals surface area contributed by atoms with E-state index in [1.54, 1.807) is 24.0 Å². The summed E-state index contributed by atoms with van der Waals surface area (Å²) < 4.78 is 71.3. The molecule has 0 radical (unpaired) electrons. The Balaban J connectivity index is 2.13. The molecule has 1 aromatic heterocycles. The fourth-order valence-corrected chi connectivity index (χ4v) is 4.40. The van der Waals surface area contributed by atoms with Gasteiger partial charge in [0.2, 0.25) is 5.95 Å². The zero-order valence-corrected chi connectivity index (χ0v) is 20.1. The SMILES string of the molecule is CCS(=O)(=O)c1cccc(C(C)/C=C(\N=C(N)N2CCOCC2)c2cnc(N)nc2C(F)(F)F)c1. The molecule has 35 heavy (non-hydrogen) atoms. The van der Waals surface area contributed by atoms with Crippen molar-refractivity contribution in [3.63, 3.8) is 0 Å². The van der Waals surface area contributed by atoms with Crippen LogP contribution in [0, 0.1) is 0 Å². The number of halogens is 3. The molecule has 1 fully saturated rings. The number of aromatic nitrogens is 2. The monoisotopic (exact) mass is 512 g/mol. The normalized spacial score (nSPS) is 16.9. The Kier molecular flexibility index (Phi) is 8.00. The summed E-state index contributed by atoms with van der Waals surface area (Å²) in [5, 5.41) is 0. The van der Waals surface area contributed by atoms with Crippen LogP contribution in [0.15, 0.2) is 46.4 Å². The van der Waals surface area contributed by atoms with Crippen LogP contribution in [-0.2, 0) is 20.8 Å². The van der Waals surface area contributed by atoms with Gasteiger partial charge in [0.05, 0.1) is 29.6 Å². The first-order chi connectivity index (χ1) is 16.4. The Morgan fingerprint density at radius 3 is 2.63 bits per heavy atom. The van der Waals surface area contributed by atoms with E-state index in [-0.39, 0.29) is 22.3 Å². The lowest BCUT2D eigenvalue weighted by Gasteiger charge is -2.28. The third-order valence-corrected chi connectivity index (χ3v) is 7.19. The molecular formula is C22H27F3N6O3S. The van der Waals surface area contributed by atoms with Crippen LogP contribution in [0.2, 0.25) is 0 Å². The van der Waals surface area contributed by atoms with Crippen molar-refractivity contribution in [2.75, 3.05) is 37.8 Å². The van der Waals surface area contributed by atoms with Crippen LogP contribution < -0.4 is 11.5 Å². The average Bonchev–Trinajstić information content (AvgIpc) is 2.83. The third kappa shape index (κ3) is 6.48. The Hall–Kier alpha value is -3.19. The molecular weight excluding hydrogens is 485 g/mol. The zero-order valence-electron chi connectivity index (χ0n) is 19.3. The van der Waals surface area contributed by atoms with E-state index in [1.165, 1.54) is 25.1 Å². The molecule has 0 amide bonds. The van der Waals surface area contributed by atoms with Gasteiger partial charge in [-0.05, 0) is 17.7 Å². The second-order valence-electron chi connectivity index (χ2n) is 7.87. The van der Waals surface area contributed by atoms with E-state index in [0.29, 0.717) is 31.9 Å². The number of benzene rings is 1. The number of sulfone groups is 1. The first-order valence-corrected chi connectivity index (χ1v) is 12.5. The number of hydrogen-bond donors (Lipinski definition) is 2. The lowest BCUT2D eigenvalue weighted by Crippen LogP contribution is -2.44. The fraction of sp³-hybridized carbons (Fsp3) is 0.409. The number of anilines is 1. The van der Waals surface area contributed by atoms with E-state index in [1.807, 2.05) is 0 Å². The maximum absolute atomic E-state index is 13.8. The van der Waals surface area contributed by atoms with Crippen LogP contribution >= 0.6 is 0 Å². The highest BCUT2D eigenvalue weighted by Gasteiger charge is 2.37. The topological polar surface area (TPSA) is 137 Å². The Labute approximate surface area is 201 Å². The minimum absolute atomic E-state index is 0.0130. The van der Waals surface area contributed by atoms with Gasteiger partial charge in [-0.2, -0.15) is 13.2 Å². The third-order valence-electron chi connectivity index (χ3n) is 5.45. The second kappa shape index (κ2) is 10.6. The Morgan fingerprint density at radius 1 is 1.31 bits per heavy atom. The van der Waals surface area contributed by atoms with E-state index in [2.05, 4.69) is 15.0 Å². The lowest BCUT2D eigenvalue weighted by atomic mass is 9.98. The van der Waals surface area contributed by atoms with Gasteiger partial charge < -0.3 is 21.1 Å². The average molecular weight is 513 g/mol. The number of rotatable bonds is 6. The molecule has 2 heterocycles. The molecule has 0 aliphatic carbocycles. The zero-order chi connectivity index (χ0) is 25.8. The number of nitrogens with zero attached hydrogens (tertiary/aromatic N) is 4. The largest absolute Gasteiger partial charge is 0.434 e. The molecule has 13 heteroatoms. The molecule has 1 aliphatic rings. The molecule has 2 aromatic rings. The minimum atomic E-state index is -4.83. The van der Waals surface area contributed by atoms with Crippen molar-refractivity contribution in [3.8, 4) is 0 Å². The maximum Gasteiger partial charge on any atom is 0.434 e.